The molecule has 156 valence electrons. The predicted molar refractivity (Wildman–Crippen MR) is 103 cm³/mol. The normalized spacial score (nSPS) is 28.2. The highest BCUT2D eigenvalue weighted by Crippen LogP contribution is 2.30. The van der Waals surface area contributed by atoms with Gasteiger partial charge in [-0.2, -0.15) is 0 Å². The fourth-order valence-electron chi connectivity index (χ4n) is 4.59. The molecule has 1 aliphatic carbocycles. The maximum Gasteiger partial charge on any atom is 0.306 e. The summed E-state index contributed by atoms with van der Waals surface area (Å²) in [7, 11) is 0. The van der Waals surface area contributed by atoms with Gasteiger partial charge in [0.05, 0.1) is 24.1 Å². The first-order valence-corrected chi connectivity index (χ1v) is 10.6. The molecule has 1 saturated carbocycles. The molecule has 2 heterocycles. The van der Waals surface area contributed by atoms with Crippen molar-refractivity contribution in [2.24, 2.45) is 5.92 Å². The second-order valence-electron chi connectivity index (χ2n) is 8.35. The molecule has 0 radical (unpaired) electrons. The summed E-state index contributed by atoms with van der Waals surface area (Å²) in [6.45, 7) is 0.821. The number of hydrogen-bond acceptors (Lipinski definition) is 5. The number of carbonyl (C=O) groups excluding carboxylic acids is 3. The van der Waals surface area contributed by atoms with Crippen molar-refractivity contribution >= 4 is 17.8 Å². The zero-order valence-electron chi connectivity index (χ0n) is 16.5. The third-order valence-electron chi connectivity index (χ3n) is 6.25. The van der Waals surface area contributed by atoms with Crippen LogP contribution in [0.5, 0.6) is 0 Å². The number of amides is 2. The Balaban J connectivity index is 1.69. The number of ether oxygens (including phenoxy) is 1. The Kier molecular flexibility index (Phi) is 7.10. The van der Waals surface area contributed by atoms with Crippen LogP contribution in [-0.4, -0.2) is 59.1 Å². The zero-order chi connectivity index (χ0) is 20.0. The van der Waals surface area contributed by atoms with E-state index in [1.54, 1.807) is 4.90 Å². The Labute approximate surface area is 166 Å². The first-order chi connectivity index (χ1) is 13.5. The second-order valence-corrected chi connectivity index (χ2v) is 8.35. The van der Waals surface area contributed by atoms with Gasteiger partial charge in [0.25, 0.3) is 0 Å². The summed E-state index contributed by atoms with van der Waals surface area (Å²) >= 11 is 0. The third kappa shape index (κ3) is 5.13. The Hall–Kier alpha value is -1.89. The van der Waals surface area contributed by atoms with Gasteiger partial charge in [0, 0.05) is 19.4 Å². The number of hydrogen-bond donors (Lipinski definition) is 2. The highest BCUT2D eigenvalue weighted by molar-refractivity contribution is 5.86. The Morgan fingerprint density at radius 3 is 2.79 bits per heavy atom. The number of cyclic esters (lactones) is 1. The van der Waals surface area contributed by atoms with Crippen LogP contribution < -0.4 is 5.32 Å². The lowest BCUT2D eigenvalue weighted by molar-refractivity contribution is -0.148. The van der Waals surface area contributed by atoms with Gasteiger partial charge in [-0.3, -0.25) is 14.4 Å². The van der Waals surface area contributed by atoms with Crippen molar-refractivity contribution < 1.29 is 24.2 Å². The summed E-state index contributed by atoms with van der Waals surface area (Å²) < 4.78 is 5.34. The fraction of sp³-hybridized carbons (Fsp3) is 0.762. The SMILES string of the molecule is O=C(CC1CC=CCCC(=O)OCC2CCCN2C1=O)NC1(CO)CCCC1. The highest BCUT2D eigenvalue weighted by Gasteiger charge is 2.37. The molecule has 3 rings (SSSR count). The van der Waals surface area contributed by atoms with Gasteiger partial charge in [-0.25, -0.2) is 0 Å². The van der Waals surface area contributed by atoms with Crippen molar-refractivity contribution in [3.05, 3.63) is 12.2 Å². The van der Waals surface area contributed by atoms with Crippen molar-refractivity contribution in [1.29, 1.82) is 0 Å². The van der Waals surface area contributed by atoms with E-state index >= 15 is 0 Å². The zero-order valence-corrected chi connectivity index (χ0v) is 16.5. The number of carbonyl (C=O) groups is 3. The molecule has 0 spiro atoms. The summed E-state index contributed by atoms with van der Waals surface area (Å²) in [6, 6.07) is -0.0935. The molecule has 0 aromatic heterocycles. The van der Waals surface area contributed by atoms with Gasteiger partial charge >= 0.3 is 5.97 Å². The lowest BCUT2D eigenvalue weighted by Crippen LogP contribution is -2.50. The lowest BCUT2D eigenvalue weighted by Gasteiger charge is -2.31. The Bertz CT molecular complexity index is 612. The number of nitrogens with zero attached hydrogens (tertiary/aromatic N) is 1. The summed E-state index contributed by atoms with van der Waals surface area (Å²) in [5.41, 5.74) is -0.522. The van der Waals surface area contributed by atoms with E-state index in [0.717, 1.165) is 38.5 Å². The minimum atomic E-state index is -0.522. The fourth-order valence-corrected chi connectivity index (χ4v) is 4.59. The largest absolute Gasteiger partial charge is 0.463 e. The lowest BCUT2D eigenvalue weighted by atomic mass is 9.95. The third-order valence-corrected chi connectivity index (χ3v) is 6.25. The van der Waals surface area contributed by atoms with Crippen molar-refractivity contribution in [2.75, 3.05) is 19.8 Å². The van der Waals surface area contributed by atoms with Crippen LogP contribution >= 0.6 is 0 Å². The number of esters is 1. The molecule has 7 nitrogen and oxygen atoms in total. The van der Waals surface area contributed by atoms with Gasteiger partial charge < -0.3 is 20.1 Å². The van der Waals surface area contributed by atoms with Crippen molar-refractivity contribution in [3.8, 4) is 0 Å². The van der Waals surface area contributed by atoms with Crippen LogP contribution in [0.1, 0.15) is 64.2 Å². The average molecular weight is 392 g/mol. The molecule has 2 atom stereocenters. The molecule has 0 aromatic rings. The maximum absolute atomic E-state index is 13.2. The summed E-state index contributed by atoms with van der Waals surface area (Å²) in [5, 5.41) is 12.7. The van der Waals surface area contributed by atoms with Crippen LogP contribution in [0.15, 0.2) is 12.2 Å². The molecule has 2 aliphatic heterocycles. The van der Waals surface area contributed by atoms with Crippen molar-refractivity contribution in [2.45, 2.75) is 75.8 Å². The van der Waals surface area contributed by atoms with E-state index < -0.39 is 11.5 Å². The van der Waals surface area contributed by atoms with Gasteiger partial charge in [0.1, 0.15) is 6.61 Å². The number of fused-ring (bicyclic) bond motifs is 1. The summed E-state index contributed by atoms with van der Waals surface area (Å²) in [4.78, 5) is 39.4. The summed E-state index contributed by atoms with van der Waals surface area (Å²) in [6.07, 6.45) is 10.6. The average Bonchev–Trinajstić information content (AvgIpc) is 3.33. The smallest absolute Gasteiger partial charge is 0.306 e. The quantitative estimate of drug-likeness (QED) is 0.561. The molecule has 0 bridgehead atoms. The van der Waals surface area contributed by atoms with Crippen LogP contribution in [0.2, 0.25) is 0 Å². The van der Waals surface area contributed by atoms with E-state index in [4.69, 9.17) is 4.74 Å². The molecule has 2 amide bonds. The molecular formula is C21H32N2O5. The topological polar surface area (TPSA) is 95.9 Å². The first kappa shape index (κ1) is 20.8. The number of rotatable bonds is 4. The van der Waals surface area contributed by atoms with Gasteiger partial charge in [-0.05, 0) is 38.5 Å². The Morgan fingerprint density at radius 2 is 2.04 bits per heavy atom. The molecule has 28 heavy (non-hydrogen) atoms. The van der Waals surface area contributed by atoms with Crippen LogP contribution in [0.25, 0.3) is 0 Å². The van der Waals surface area contributed by atoms with Crippen LogP contribution in [0.3, 0.4) is 0 Å². The monoisotopic (exact) mass is 392 g/mol. The number of allylic oxidation sites excluding steroid dienone is 2. The first-order valence-electron chi connectivity index (χ1n) is 10.6. The van der Waals surface area contributed by atoms with Crippen LogP contribution in [-0.2, 0) is 19.1 Å². The summed E-state index contributed by atoms with van der Waals surface area (Å²) in [5.74, 6) is -0.865. The number of nitrogens with one attached hydrogen (secondary N) is 1. The molecule has 2 unspecified atom stereocenters. The molecule has 1 saturated heterocycles. The minimum absolute atomic E-state index is 0.0385. The van der Waals surface area contributed by atoms with E-state index in [1.165, 1.54) is 0 Å². The van der Waals surface area contributed by atoms with E-state index in [2.05, 4.69) is 5.32 Å². The van der Waals surface area contributed by atoms with Gasteiger partial charge in [-0.1, -0.05) is 25.0 Å². The van der Waals surface area contributed by atoms with Gasteiger partial charge in [-0.15, -0.1) is 0 Å². The van der Waals surface area contributed by atoms with Gasteiger partial charge in [0.2, 0.25) is 11.8 Å². The standard InChI is InChI=1S/C21H32N2O5/c24-15-21(10-4-5-11-21)22-18(25)13-16-7-2-1-3-9-19(26)28-14-17-8-6-12-23(17)20(16)27/h1-2,16-17,24H,3-15H2,(H,22,25). The molecule has 3 aliphatic rings. The second kappa shape index (κ2) is 9.54. The highest BCUT2D eigenvalue weighted by atomic mass is 16.5. The molecular weight excluding hydrogens is 360 g/mol. The van der Waals surface area contributed by atoms with E-state index in [0.29, 0.717) is 25.8 Å². The van der Waals surface area contributed by atoms with E-state index in [9.17, 15) is 19.5 Å². The predicted octanol–water partition coefficient (Wildman–Crippen LogP) is 1.69. The molecule has 2 fully saturated rings. The Morgan fingerprint density at radius 1 is 1.25 bits per heavy atom. The molecule has 7 heteroatoms. The molecule has 0 aromatic carbocycles. The van der Waals surface area contributed by atoms with Gasteiger partial charge in [0.15, 0.2) is 0 Å². The van der Waals surface area contributed by atoms with Crippen molar-refractivity contribution in [1.82, 2.24) is 10.2 Å². The molecule has 2 N–H and O–H groups in total. The van der Waals surface area contributed by atoms with E-state index in [1.807, 2.05) is 12.2 Å². The minimum Gasteiger partial charge on any atom is -0.463 e. The number of aliphatic hydroxyl groups is 1. The van der Waals surface area contributed by atoms with E-state index in [-0.39, 0.29) is 43.5 Å². The van der Waals surface area contributed by atoms with Crippen molar-refractivity contribution in [3.63, 3.8) is 0 Å². The van der Waals surface area contributed by atoms with Crippen LogP contribution in [0, 0.1) is 5.92 Å². The maximum atomic E-state index is 13.2. The van der Waals surface area contributed by atoms with Crippen LogP contribution in [0.4, 0.5) is 0 Å². The number of aliphatic hydroxyl groups excluding tert-OH is 1.